The molecule has 0 aromatic heterocycles. The van der Waals surface area contributed by atoms with Gasteiger partial charge in [0.15, 0.2) is 0 Å². The predicted molar refractivity (Wildman–Crippen MR) is 108 cm³/mol. The fourth-order valence-corrected chi connectivity index (χ4v) is 2.50. The van der Waals surface area contributed by atoms with Gasteiger partial charge in [0, 0.05) is 6.61 Å². The zero-order valence-corrected chi connectivity index (χ0v) is 16.6. The van der Waals surface area contributed by atoms with Crippen LogP contribution >= 0.6 is 0 Å². The van der Waals surface area contributed by atoms with Crippen molar-refractivity contribution in [3.63, 3.8) is 0 Å². The summed E-state index contributed by atoms with van der Waals surface area (Å²) in [6.07, 6.45) is 4.31. The van der Waals surface area contributed by atoms with Crippen molar-refractivity contribution in [3.8, 4) is 11.5 Å². The SMILES string of the molecule is CCCCOc1ccc(C(=O)Oc2ccc(C(C)OCCCC)cc2)cc1. The Hall–Kier alpha value is -2.33. The molecule has 1 atom stereocenters. The van der Waals surface area contributed by atoms with Gasteiger partial charge in [-0.25, -0.2) is 4.79 Å². The molecule has 0 fully saturated rings. The van der Waals surface area contributed by atoms with Crippen LogP contribution in [0.3, 0.4) is 0 Å². The first kappa shape index (κ1) is 21.0. The zero-order chi connectivity index (χ0) is 19.5. The number of unbranched alkanes of at least 4 members (excludes halogenated alkanes) is 2. The van der Waals surface area contributed by atoms with E-state index in [4.69, 9.17) is 14.2 Å². The molecule has 0 heterocycles. The topological polar surface area (TPSA) is 44.8 Å². The zero-order valence-electron chi connectivity index (χ0n) is 16.6. The lowest BCUT2D eigenvalue weighted by molar-refractivity contribution is 0.0636. The lowest BCUT2D eigenvalue weighted by atomic mass is 10.1. The molecule has 0 aliphatic rings. The van der Waals surface area contributed by atoms with Crippen molar-refractivity contribution in [2.75, 3.05) is 13.2 Å². The third-order valence-corrected chi connectivity index (χ3v) is 4.28. The molecule has 0 spiro atoms. The van der Waals surface area contributed by atoms with Gasteiger partial charge in [0.1, 0.15) is 11.5 Å². The highest BCUT2D eigenvalue weighted by molar-refractivity contribution is 5.91. The molecule has 4 nitrogen and oxygen atoms in total. The average Bonchev–Trinajstić information content (AvgIpc) is 2.69. The summed E-state index contributed by atoms with van der Waals surface area (Å²) in [6, 6.07) is 14.5. The lowest BCUT2D eigenvalue weighted by Crippen LogP contribution is -2.08. The van der Waals surface area contributed by atoms with E-state index >= 15 is 0 Å². The van der Waals surface area contributed by atoms with E-state index in [-0.39, 0.29) is 12.1 Å². The van der Waals surface area contributed by atoms with Crippen molar-refractivity contribution in [2.45, 2.75) is 52.6 Å². The Labute approximate surface area is 162 Å². The maximum atomic E-state index is 12.3. The largest absolute Gasteiger partial charge is 0.494 e. The van der Waals surface area contributed by atoms with Gasteiger partial charge >= 0.3 is 5.97 Å². The van der Waals surface area contributed by atoms with Crippen molar-refractivity contribution < 1.29 is 19.0 Å². The molecule has 4 heteroatoms. The van der Waals surface area contributed by atoms with E-state index in [1.54, 1.807) is 36.4 Å². The molecule has 0 N–H and O–H groups in total. The van der Waals surface area contributed by atoms with Crippen LogP contribution in [0.4, 0.5) is 0 Å². The van der Waals surface area contributed by atoms with Gasteiger partial charge in [-0.15, -0.1) is 0 Å². The second-order valence-electron chi connectivity index (χ2n) is 6.55. The summed E-state index contributed by atoms with van der Waals surface area (Å²) in [5.41, 5.74) is 1.57. The smallest absolute Gasteiger partial charge is 0.343 e. The molecule has 1 unspecified atom stereocenters. The molecule has 2 rings (SSSR count). The molecule has 2 aromatic carbocycles. The van der Waals surface area contributed by atoms with Crippen molar-refractivity contribution in [1.82, 2.24) is 0 Å². The van der Waals surface area contributed by atoms with Crippen LogP contribution in [0, 0.1) is 0 Å². The summed E-state index contributed by atoms with van der Waals surface area (Å²) in [6.45, 7) is 7.74. The van der Waals surface area contributed by atoms with Crippen LogP contribution in [-0.4, -0.2) is 19.2 Å². The van der Waals surface area contributed by atoms with Crippen LogP contribution in [0.1, 0.15) is 68.5 Å². The summed E-state index contributed by atoms with van der Waals surface area (Å²) in [5.74, 6) is 0.907. The average molecular weight is 370 g/mol. The van der Waals surface area contributed by atoms with Crippen LogP contribution in [0.5, 0.6) is 11.5 Å². The van der Waals surface area contributed by atoms with Gasteiger partial charge < -0.3 is 14.2 Å². The quantitative estimate of drug-likeness (QED) is 0.278. The minimum absolute atomic E-state index is 0.0292. The Morgan fingerprint density at radius 1 is 0.852 bits per heavy atom. The Bertz CT molecular complexity index is 677. The molecule has 0 bridgehead atoms. The van der Waals surface area contributed by atoms with Crippen LogP contribution < -0.4 is 9.47 Å². The van der Waals surface area contributed by atoms with Gasteiger partial charge in [-0.1, -0.05) is 38.8 Å². The van der Waals surface area contributed by atoms with Gasteiger partial charge in [-0.05, 0) is 61.7 Å². The molecule has 146 valence electrons. The lowest BCUT2D eigenvalue weighted by Gasteiger charge is -2.13. The second kappa shape index (κ2) is 11.4. The maximum absolute atomic E-state index is 12.3. The number of hydrogen-bond acceptors (Lipinski definition) is 4. The van der Waals surface area contributed by atoms with Crippen LogP contribution in [0.15, 0.2) is 48.5 Å². The maximum Gasteiger partial charge on any atom is 0.343 e. The van der Waals surface area contributed by atoms with Crippen LogP contribution in [0.25, 0.3) is 0 Å². The van der Waals surface area contributed by atoms with Gasteiger partial charge in [0.05, 0.1) is 18.3 Å². The molecular weight excluding hydrogens is 340 g/mol. The Kier molecular flexibility index (Phi) is 8.85. The van der Waals surface area contributed by atoms with Crippen molar-refractivity contribution in [2.24, 2.45) is 0 Å². The van der Waals surface area contributed by atoms with E-state index in [1.165, 1.54) is 0 Å². The fourth-order valence-electron chi connectivity index (χ4n) is 2.50. The third-order valence-electron chi connectivity index (χ3n) is 4.28. The van der Waals surface area contributed by atoms with Crippen molar-refractivity contribution >= 4 is 5.97 Å². The normalized spacial score (nSPS) is 11.8. The van der Waals surface area contributed by atoms with Gasteiger partial charge in [-0.2, -0.15) is 0 Å². The molecule has 0 saturated carbocycles. The number of hydrogen-bond donors (Lipinski definition) is 0. The molecule has 0 radical (unpaired) electrons. The van der Waals surface area contributed by atoms with Gasteiger partial charge in [0.25, 0.3) is 0 Å². The molecule has 0 aliphatic heterocycles. The standard InChI is InChI=1S/C23H30O4/c1-4-6-16-25-18(3)19-8-14-22(15-9-19)27-23(24)20-10-12-21(13-11-20)26-17-7-5-2/h8-15,18H,4-7,16-17H2,1-3H3. The number of benzene rings is 2. The summed E-state index contributed by atoms with van der Waals surface area (Å²) in [7, 11) is 0. The summed E-state index contributed by atoms with van der Waals surface area (Å²) < 4.78 is 16.8. The molecule has 27 heavy (non-hydrogen) atoms. The number of carbonyl (C=O) groups excluding carboxylic acids is 1. The number of carbonyl (C=O) groups is 1. The highest BCUT2D eigenvalue weighted by Crippen LogP contribution is 2.22. The molecular formula is C23H30O4. The summed E-state index contributed by atoms with van der Waals surface area (Å²) in [5, 5.41) is 0. The predicted octanol–water partition coefficient (Wildman–Crippen LogP) is 5.96. The van der Waals surface area contributed by atoms with Crippen LogP contribution in [0.2, 0.25) is 0 Å². The first-order valence-corrected chi connectivity index (χ1v) is 9.80. The number of esters is 1. The van der Waals surface area contributed by atoms with E-state index in [1.807, 2.05) is 19.1 Å². The number of rotatable bonds is 11. The van der Waals surface area contributed by atoms with Crippen molar-refractivity contribution in [1.29, 1.82) is 0 Å². The molecule has 0 saturated heterocycles. The fraction of sp³-hybridized carbons (Fsp3) is 0.435. The third kappa shape index (κ3) is 7.06. The summed E-state index contributed by atoms with van der Waals surface area (Å²) in [4.78, 5) is 12.3. The van der Waals surface area contributed by atoms with E-state index in [0.717, 1.165) is 43.6 Å². The van der Waals surface area contributed by atoms with E-state index in [9.17, 15) is 4.79 Å². The first-order valence-electron chi connectivity index (χ1n) is 9.80. The Balaban J connectivity index is 1.87. The first-order chi connectivity index (χ1) is 13.1. The van der Waals surface area contributed by atoms with E-state index in [0.29, 0.717) is 17.9 Å². The minimum atomic E-state index is -0.380. The second-order valence-corrected chi connectivity index (χ2v) is 6.55. The van der Waals surface area contributed by atoms with Gasteiger partial charge in [-0.3, -0.25) is 0 Å². The van der Waals surface area contributed by atoms with E-state index < -0.39 is 0 Å². The van der Waals surface area contributed by atoms with Crippen molar-refractivity contribution in [3.05, 3.63) is 59.7 Å². The van der Waals surface area contributed by atoms with Crippen LogP contribution in [-0.2, 0) is 4.74 Å². The molecule has 0 aliphatic carbocycles. The highest BCUT2D eigenvalue weighted by Gasteiger charge is 2.10. The number of ether oxygens (including phenoxy) is 3. The Morgan fingerprint density at radius 2 is 1.44 bits per heavy atom. The van der Waals surface area contributed by atoms with Gasteiger partial charge in [0.2, 0.25) is 0 Å². The minimum Gasteiger partial charge on any atom is -0.494 e. The summed E-state index contributed by atoms with van der Waals surface area (Å²) >= 11 is 0. The Morgan fingerprint density at radius 3 is 2.07 bits per heavy atom. The monoisotopic (exact) mass is 370 g/mol. The highest BCUT2D eigenvalue weighted by atomic mass is 16.5. The molecule has 2 aromatic rings. The molecule has 0 amide bonds. The van der Waals surface area contributed by atoms with E-state index in [2.05, 4.69) is 13.8 Å².